The topological polar surface area (TPSA) is 18.5 Å². The minimum Gasteiger partial charge on any atom is -0.349 e. The Morgan fingerprint density at radius 3 is 2.40 bits per heavy atom. The average Bonchev–Trinajstić information content (AvgIpc) is 2.29. The molecule has 1 rings (SSSR count). The van der Waals surface area contributed by atoms with E-state index in [0.29, 0.717) is 6.61 Å². The second-order valence-electron chi connectivity index (χ2n) is 3.42. The summed E-state index contributed by atoms with van der Waals surface area (Å²) < 4.78 is 11.2. The maximum Gasteiger partial charge on any atom is 0.183 e. The molecule has 0 aliphatic heterocycles. The van der Waals surface area contributed by atoms with Gasteiger partial charge in [-0.3, -0.25) is 0 Å². The molecule has 0 aliphatic rings. The fourth-order valence-electron chi connectivity index (χ4n) is 1.34. The van der Waals surface area contributed by atoms with E-state index in [1.165, 1.54) is 0 Å². The van der Waals surface area contributed by atoms with Gasteiger partial charge in [-0.15, -0.1) is 0 Å². The first-order valence-corrected chi connectivity index (χ1v) is 5.66. The highest BCUT2D eigenvalue weighted by Crippen LogP contribution is 2.18. The number of hydrogen-bond acceptors (Lipinski definition) is 2. The lowest BCUT2D eigenvalue weighted by Gasteiger charge is -2.17. The first kappa shape index (κ1) is 12.2. The van der Waals surface area contributed by atoms with Crippen LogP contribution in [0.15, 0.2) is 30.3 Å². The fraction of sp³-hybridized carbons (Fsp3) is 0.538. The van der Waals surface area contributed by atoms with Crippen molar-refractivity contribution >= 4 is 0 Å². The Morgan fingerprint density at radius 1 is 1.07 bits per heavy atom. The molecule has 0 spiro atoms. The van der Waals surface area contributed by atoms with Crippen LogP contribution in [0.3, 0.4) is 0 Å². The summed E-state index contributed by atoms with van der Waals surface area (Å²) in [7, 11) is 0. The summed E-state index contributed by atoms with van der Waals surface area (Å²) in [6, 6.07) is 10.1. The van der Waals surface area contributed by atoms with Crippen molar-refractivity contribution in [2.45, 2.75) is 33.0 Å². The minimum atomic E-state index is -0.206. The van der Waals surface area contributed by atoms with Gasteiger partial charge in [-0.1, -0.05) is 43.7 Å². The van der Waals surface area contributed by atoms with E-state index >= 15 is 0 Å². The predicted molar refractivity (Wildman–Crippen MR) is 61.7 cm³/mol. The van der Waals surface area contributed by atoms with Gasteiger partial charge in [0.1, 0.15) is 0 Å². The second kappa shape index (κ2) is 7.43. The Balaban J connectivity index is 2.50. The molecule has 0 radical (unpaired) electrons. The molecule has 1 aromatic rings. The van der Waals surface area contributed by atoms with Crippen molar-refractivity contribution in [1.82, 2.24) is 0 Å². The van der Waals surface area contributed by atoms with Crippen LogP contribution in [0.2, 0.25) is 0 Å². The third-order valence-electron chi connectivity index (χ3n) is 2.16. The molecule has 2 nitrogen and oxygen atoms in total. The molecule has 1 unspecified atom stereocenters. The highest BCUT2D eigenvalue weighted by atomic mass is 16.7. The van der Waals surface area contributed by atoms with Gasteiger partial charge in [-0.05, 0) is 13.3 Å². The molecule has 0 saturated carbocycles. The van der Waals surface area contributed by atoms with Gasteiger partial charge in [0.2, 0.25) is 0 Å². The normalized spacial score (nSPS) is 12.7. The molecule has 0 heterocycles. The Labute approximate surface area is 92.2 Å². The Hall–Kier alpha value is -0.860. The molecular formula is C13H20O2. The molecule has 2 heteroatoms. The lowest BCUT2D eigenvalue weighted by molar-refractivity contribution is -0.144. The van der Waals surface area contributed by atoms with Crippen molar-refractivity contribution in [3.05, 3.63) is 35.9 Å². The van der Waals surface area contributed by atoms with Crippen LogP contribution in [0.4, 0.5) is 0 Å². The van der Waals surface area contributed by atoms with Crippen LogP contribution in [0.5, 0.6) is 0 Å². The molecule has 15 heavy (non-hydrogen) atoms. The predicted octanol–water partition coefficient (Wildman–Crippen LogP) is 3.54. The van der Waals surface area contributed by atoms with Gasteiger partial charge in [-0.25, -0.2) is 0 Å². The van der Waals surface area contributed by atoms with E-state index in [-0.39, 0.29) is 6.29 Å². The Morgan fingerprint density at radius 2 is 1.80 bits per heavy atom. The monoisotopic (exact) mass is 208 g/mol. The SMILES string of the molecule is CCCCOC(OCC)c1ccccc1. The number of hydrogen-bond donors (Lipinski definition) is 0. The summed E-state index contributed by atoms with van der Waals surface area (Å²) in [5, 5.41) is 0. The van der Waals surface area contributed by atoms with Crippen molar-refractivity contribution in [3.8, 4) is 0 Å². The zero-order valence-electron chi connectivity index (χ0n) is 9.61. The summed E-state index contributed by atoms with van der Waals surface area (Å²) in [6.07, 6.45) is 2.02. The van der Waals surface area contributed by atoms with Gasteiger partial charge >= 0.3 is 0 Å². The lowest BCUT2D eigenvalue weighted by atomic mass is 10.2. The summed E-state index contributed by atoms with van der Waals surface area (Å²) >= 11 is 0. The van der Waals surface area contributed by atoms with Gasteiger partial charge in [0.15, 0.2) is 6.29 Å². The molecule has 0 fully saturated rings. The summed E-state index contributed by atoms with van der Waals surface area (Å²) in [5.74, 6) is 0. The van der Waals surface area contributed by atoms with E-state index in [9.17, 15) is 0 Å². The summed E-state index contributed by atoms with van der Waals surface area (Å²) in [6.45, 7) is 5.57. The van der Waals surface area contributed by atoms with Crippen LogP contribution in [0, 0.1) is 0 Å². The van der Waals surface area contributed by atoms with Crippen LogP contribution in [-0.2, 0) is 9.47 Å². The Kier molecular flexibility index (Phi) is 6.05. The van der Waals surface area contributed by atoms with Crippen LogP contribution in [0.1, 0.15) is 38.5 Å². The lowest BCUT2D eigenvalue weighted by Crippen LogP contribution is -2.09. The molecule has 0 saturated heterocycles. The van der Waals surface area contributed by atoms with E-state index in [1.807, 2.05) is 37.3 Å². The van der Waals surface area contributed by atoms with E-state index < -0.39 is 0 Å². The number of ether oxygens (including phenoxy) is 2. The average molecular weight is 208 g/mol. The fourth-order valence-corrected chi connectivity index (χ4v) is 1.34. The quantitative estimate of drug-likeness (QED) is 0.504. The standard InChI is InChI=1S/C13H20O2/c1-3-5-11-15-13(14-4-2)12-9-7-6-8-10-12/h6-10,13H,3-5,11H2,1-2H3. The third-order valence-corrected chi connectivity index (χ3v) is 2.16. The zero-order valence-corrected chi connectivity index (χ0v) is 9.61. The molecule has 1 atom stereocenters. The van der Waals surface area contributed by atoms with Gasteiger partial charge in [0.05, 0.1) is 6.61 Å². The third kappa shape index (κ3) is 4.45. The molecule has 0 bridgehead atoms. The van der Waals surface area contributed by atoms with E-state index in [2.05, 4.69) is 6.92 Å². The van der Waals surface area contributed by atoms with Gasteiger partial charge < -0.3 is 9.47 Å². The minimum absolute atomic E-state index is 0.206. The van der Waals surface area contributed by atoms with Crippen LogP contribution in [0.25, 0.3) is 0 Å². The summed E-state index contributed by atoms with van der Waals surface area (Å²) in [5.41, 5.74) is 1.09. The van der Waals surface area contributed by atoms with Crippen molar-refractivity contribution in [1.29, 1.82) is 0 Å². The number of benzene rings is 1. The zero-order chi connectivity index (χ0) is 10.9. The molecule has 0 N–H and O–H groups in total. The van der Waals surface area contributed by atoms with Crippen molar-refractivity contribution in [2.75, 3.05) is 13.2 Å². The largest absolute Gasteiger partial charge is 0.349 e. The highest BCUT2D eigenvalue weighted by molar-refractivity contribution is 5.15. The maximum atomic E-state index is 5.69. The van der Waals surface area contributed by atoms with Gasteiger partial charge in [-0.2, -0.15) is 0 Å². The smallest absolute Gasteiger partial charge is 0.183 e. The van der Waals surface area contributed by atoms with Crippen molar-refractivity contribution in [2.24, 2.45) is 0 Å². The van der Waals surface area contributed by atoms with E-state index in [0.717, 1.165) is 25.0 Å². The van der Waals surface area contributed by atoms with E-state index in [4.69, 9.17) is 9.47 Å². The maximum absolute atomic E-state index is 5.69. The van der Waals surface area contributed by atoms with Crippen LogP contribution < -0.4 is 0 Å². The highest BCUT2D eigenvalue weighted by Gasteiger charge is 2.10. The second-order valence-corrected chi connectivity index (χ2v) is 3.42. The van der Waals surface area contributed by atoms with Gasteiger partial charge in [0, 0.05) is 12.2 Å². The molecule has 0 aliphatic carbocycles. The first-order chi connectivity index (χ1) is 7.38. The van der Waals surface area contributed by atoms with E-state index in [1.54, 1.807) is 0 Å². The molecule has 1 aromatic carbocycles. The molecular weight excluding hydrogens is 188 g/mol. The number of rotatable bonds is 7. The van der Waals surface area contributed by atoms with Crippen LogP contribution >= 0.6 is 0 Å². The Bertz CT molecular complexity index is 246. The molecule has 0 aromatic heterocycles. The molecule has 84 valence electrons. The first-order valence-electron chi connectivity index (χ1n) is 5.66. The van der Waals surface area contributed by atoms with Crippen LogP contribution in [-0.4, -0.2) is 13.2 Å². The van der Waals surface area contributed by atoms with Gasteiger partial charge in [0.25, 0.3) is 0 Å². The molecule has 0 amide bonds. The van der Waals surface area contributed by atoms with Crippen molar-refractivity contribution < 1.29 is 9.47 Å². The number of unbranched alkanes of at least 4 members (excludes halogenated alkanes) is 1. The van der Waals surface area contributed by atoms with Crippen molar-refractivity contribution in [3.63, 3.8) is 0 Å². The summed E-state index contributed by atoms with van der Waals surface area (Å²) in [4.78, 5) is 0.